The number of hydrazone groups is 1. The second-order valence-electron chi connectivity index (χ2n) is 6.74. The van der Waals surface area contributed by atoms with Crippen molar-refractivity contribution < 1.29 is 23.4 Å². The lowest BCUT2D eigenvalue weighted by Crippen LogP contribution is -2.18. The average Bonchev–Trinajstić information content (AvgIpc) is 3.07. The van der Waals surface area contributed by atoms with Gasteiger partial charge in [0.15, 0.2) is 11.5 Å². The normalized spacial score (nSPS) is 10.9. The molecule has 0 radical (unpaired) electrons. The number of carbonyl (C=O) groups excluding carboxylic acids is 1. The van der Waals surface area contributed by atoms with E-state index in [-0.39, 0.29) is 11.7 Å². The molecule has 0 saturated carbocycles. The Kier molecular flexibility index (Phi) is 6.59. The molecule has 0 fully saturated rings. The number of nitrogens with zero attached hydrogens (tertiary/aromatic N) is 2. The maximum Gasteiger partial charge on any atom is 0.273 e. The van der Waals surface area contributed by atoms with Crippen LogP contribution in [0.5, 0.6) is 17.2 Å². The Bertz CT molecular complexity index is 1120. The molecule has 0 unspecified atom stereocenters. The van der Waals surface area contributed by atoms with E-state index in [0.717, 1.165) is 17.1 Å². The molecule has 0 spiro atoms. The van der Waals surface area contributed by atoms with E-state index in [2.05, 4.69) is 10.5 Å². The number of benzene rings is 2. The second kappa shape index (κ2) is 9.34. The van der Waals surface area contributed by atoms with Crippen LogP contribution in [-0.4, -0.2) is 38.0 Å². The summed E-state index contributed by atoms with van der Waals surface area (Å²) in [5.41, 5.74) is 5.96. The highest BCUT2D eigenvalue weighted by Gasteiger charge is 2.17. The van der Waals surface area contributed by atoms with E-state index in [1.54, 1.807) is 30.3 Å². The molecule has 31 heavy (non-hydrogen) atoms. The van der Waals surface area contributed by atoms with Crippen LogP contribution in [0.3, 0.4) is 0 Å². The molecular weight excluding hydrogens is 401 g/mol. The summed E-state index contributed by atoms with van der Waals surface area (Å²) in [4.78, 5) is 12.7. The summed E-state index contributed by atoms with van der Waals surface area (Å²) in [5, 5.41) is 4.06. The molecule has 0 atom stereocenters. The van der Waals surface area contributed by atoms with Gasteiger partial charge in [0.05, 0.1) is 33.1 Å². The third-order valence-electron chi connectivity index (χ3n) is 4.87. The van der Waals surface area contributed by atoms with Gasteiger partial charge in [-0.1, -0.05) is 0 Å². The van der Waals surface area contributed by atoms with Crippen molar-refractivity contribution in [3.63, 3.8) is 0 Å². The Morgan fingerprint density at radius 1 is 0.968 bits per heavy atom. The van der Waals surface area contributed by atoms with Crippen molar-refractivity contribution in [3.8, 4) is 22.9 Å². The van der Waals surface area contributed by atoms with Crippen LogP contribution in [0.25, 0.3) is 5.69 Å². The zero-order valence-electron chi connectivity index (χ0n) is 18.0. The first kappa shape index (κ1) is 21.9. The summed E-state index contributed by atoms with van der Waals surface area (Å²) in [6.45, 7) is 3.71. The number of ether oxygens (including phenoxy) is 3. The number of hydrogen-bond donors (Lipinski definition) is 1. The lowest BCUT2D eigenvalue weighted by Gasteiger charge is -2.11. The number of hydrogen-bond acceptors (Lipinski definition) is 5. The first-order valence-electron chi connectivity index (χ1n) is 9.47. The minimum atomic E-state index is -0.364. The molecular formula is C23H24FN3O4. The monoisotopic (exact) mass is 425 g/mol. The summed E-state index contributed by atoms with van der Waals surface area (Å²) in [7, 11) is 4.60. The van der Waals surface area contributed by atoms with Gasteiger partial charge in [0.1, 0.15) is 11.6 Å². The first-order valence-corrected chi connectivity index (χ1v) is 9.47. The minimum Gasteiger partial charge on any atom is -0.496 e. The fourth-order valence-corrected chi connectivity index (χ4v) is 3.35. The highest BCUT2D eigenvalue weighted by Crippen LogP contribution is 2.33. The lowest BCUT2D eigenvalue weighted by molar-refractivity contribution is 0.0954. The van der Waals surface area contributed by atoms with Crippen LogP contribution < -0.4 is 19.6 Å². The van der Waals surface area contributed by atoms with E-state index in [4.69, 9.17) is 14.2 Å². The van der Waals surface area contributed by atoms with Crippen molar-refractivity contribution >= 4 is 12.1 Å². The number of amides is 1. The van der Waals surface area contributed by atoms with Gasteiger partial charge in [-0.15, -0.1) is 0 Å². The third-order valence-corrected chi connectivity index (χ3v) is 4.87. The van der Waals surface area contributed by atoms with E-state index in [1.165, 1.54) is 39.7 Å². The van der Waals surface area contributed by atoms with Crippen molar-refractivity contribution in [2.45, 2.75) is 13.8 Å². The Morgan fingerprint density at radius 3 is 2.19 bits per heavy atom. The predicted molar refractivity (Wildman–Crippen MR) is 116 cm³/mol. The van der Waals surface area contributed by atoms with Gasteiger partial charge in [-0.2, -0.15) is 5.10 Å². The van der Waals surface area contributed by atoms with E-state index in [9.17, 15) is 9.18 Å². The Balaban J connectivity index is 1.82. The number of halogens is 1. The number of aromatic nitrogens is 1. The molecule has 0 aliphatic rings. The topological polar surface area (TPSA) is 74.1 Å². The largest absolute Gasteiger partial charge is 0.496 e. The maximum absolute atomic E-state index is 13.2. The van der Waals surface area contributed by atoms with E-state index in [0.29, 0.717) is 28.4 Å². The van der Waals surface area contributed by atoms with Crippen molar-refractivity contribution in [1.29, 1.82) is 0 Å². The van der Waals surface area contributed by atoms with Crippen molar-refractivity contribution in [1.82, 2.24) is 9.99 Å². The van der Waals surface area contributed by atoms with Crippen LogP contribution in [0.4, 0.5) is 4.39 Å². The van der Waals surface area contributed by atoms with Crippen LogP contribution in [0.2, 0.25) is 0 Å². The van der Waals surface area contributed by atoms with Crippen LogP contribution in [-0.2, 0) is 0 Å². The standard InChI is InChI=1S/C23H24FN3O4/c1-14-10-19(15(2)27(14)18-8-6-17(24)7-9-18)23(28)26-25-13-16-11-21(30-4)22(31-5)12-20(16)29-3/h6-13H,1-5H3,(H,26,28). The summed E-state index contributed by atoms with van der Waals surface area (Å²) >= 11 is 0. The predicted octanol–water partition coefficient (Wildman–Crippen LogP) is 4.02. The van der Waals surface area contributed by atoms with E-state index >= 15 is 0 Å². The average molecular weight is 425 g/mol. The van der Waals surface area contributed by atoms with Crippen LogP contribution in [0.15, 0.2) is 47.6 Å². The molecule has 2 aromatic carbocycles. The number of nitrogens with one attached hydrogen (secondary N) is 1. The summed E-state index contributed by atoms with van der Waals surface area (Å²) < 4.78 is 31.0. The van der Waals surface area contributed by atoms with Gasteiger partial charge in [-0.05, 0) is 50.2 Å². The Morgan fingerprint density at radius 2 is 1.58 bits per heavy atom. The Labute approximate surface area is 180 Å². The molecule has 1 amide bonds. The van der Waals surface area contributed by atoms with Crippen LogP contribution >= 0.6 is 0 Å². The van der Waals surface area contributed by atoms with Crippen LogP contribution in [0.1, 0.15) is 27.3 Å². The van der Waals surface area contributed by atoms with E-state index in [1.807, 2.05) is 18.4 Å². The highest BCUT2D eigenvalue weighted by atomic mass is 19.1. The molecule has 0 bridgehead atoms. The zero-order chi connectivity index (χ0) is 22.5. The lowest BCUT2D eigenvalue weighted by atomic mass is 10.2. The molecule has 0 aliphatic carbocycles. The minimum absolute atomic E-state index is 0.316. The van der Waals surface area contributed by atoms with Crippen LogP contribution in [0, 0.1) is 19.7 Å². The molecule has 1 aromatic heterocycles. The molecule has 7 nitrogen and oxygen atoms in total. The number of aryl methyl sites for hydroxylation is 1. The fourth-order valence-electron chi connectivity index (χ4n) is 3.35. The summed E-state index contributed by atoms with van der Waals surface area (Å²) in [5.74, 6) is 0.874. The van der Waals surface area contributed by atoms with E-state index < -0.39 is 0 Å². The van der Waals surface area contributed by atoms with Gasteiger partial charge in [-0.3, -0.25) is 4.79 Å². The fraction of sp³-hybridized carbons (Fsp3) is 0.217. The first-order chi connectivity index (χ1) is 14.9. The van der Waals surface area contributed by atoms with Gasteiger partial charge >= 0.3 is 0 Å². The van der Waals surface area contributed by atoms with Crippen molar-refractivity contribution in [3.05, 3.63) is 70.8 Å². The number of methoxy groups -OCH3 is 3. The maximum atomic E-state index is 13.2. The quantitative estimate of drug-likeness (QED) is 0.458. The number of rotatable bonds is 7. The van der Waals surface area contributed by atoms with Gasteiger partial charge in [0.2, 0.25) is 0 Å². The van der Waals surface area contributed by atoms with Gasteiger partial charge < -0.3 is 18.8 Å². The SMILES string of the molecule is COc1cc(OC)c(OC)cc1C=NNC(=O)c1cc(C)n(-c2ccc(F)cc2)c1C. The van der Waals surface area contributed by atoms with Crippen molar-refractivity contribution in [2.24, 2.45) is 5.10 Å². The third kappa shape index (κ3) is 4.53. The highest BCUT2D eigenvalue weighted by molar-refractivity contribution is 5.96. The van der Waals surface area contributed by atoms with Gasteiger partial charge in [0, 0.05) is 28.7 Å². The zero-order valence-corrected chi connectivity index (χ0v) is 18.0. The molecule has 3 aromatic rings. The summed E-state index contributed by atoms with van der Waals surface area (Å²) in [6.07, 6.45) is 1.47. The molecule has 162 valence electrons. The number of carbonyl (C=O) groups is 1. The van der Waals surface area contributed by atoms with Gasteiger partial charge in [-0.25, -0.2) is 9.82 Å². The van der Waals surface area contributed by atoms with Gasteiger partial charge in [0.25, 0.3) is 5.91 Å². The molecule has 1 N–H and O–H groups in total. The second-order valence-corrected chi connectivity index (χ2v) is 6.74. The molecule has 0 aliphatic heterocycles. The smallest absolute Gasteiger partial charge is 0.273 e. The molecule has 8 heteroatoms. The summed E-state index contributed by atoms with van der Waals surface area (Å²) in [6, 6.07) is 11.2. The van der Waals surface area contributed by atoms with Crippen molar-refractivity contribution in [2.75, 3.05) is 21.3 Å². The molecule has 3 rings (SSSR count). The Hall–Kier alpha value is -3.81. The molecule has 1 heterocycles. The molecule has 0 saturated heterocycles.